The summed E-state index contributed by atoms with van der Waals surface area (Å²) in [4.78, 5) is 6.82. The van der Waals surface area contributed by atoms with Gasteiger partial charge in [0.2, 0.25) is 10.0 Å². The van der Waals surface area contributed by atoms with Gasteiger partial charge in [0, 0.05) is 26.2 Å². The third kappa shape index (κ3) is 8.37. The summed E-state index contributed by atoms with van der Waals surface area (Å²) in [6.45, 7) is 5.59. The van der Waals surface area contributed by atoms with Gasteiger partial charge in [-0.25, -0.2) is 13.1 Å². The summed E-state index contributed by atoms with van der Waals surface area (Å²) in [5.41, 5.74) is 1.38. The summed E-state index contributed by atoms with van der Waals surface area (Å²) >= 11 is 0. The highest BCUT2D eigenvalue weighted by atomic mass is 127. The molecule has 2 N–H and O–H groups in total. The Balaban J connectivity index is 0.00000312. The number of nitrogens with zero attached hydrogens (tertiary/aromatic N) is 2. The van der Waals surface area contributed by atoms with Crippen molar-refractivity contribution in [3.05, 3.63) is 35.9 Å². The molecule has 0 radical (unpaired) electrons. The molecule has 0 saturated carbocycles. The van der Waals surface area contributed by atoms with Crippen LogP contribution in [-0.4, -0.2) is 58.3 Å². The maximum Gasteiger partial charge on any atom is 0.208 e. The minimum absolute atomic E-state index is 0. The molecule has 1 aromatic carbocycles. The van der Waals surface area contributed by atoms with E-state index in [0.29, 0.717) is 19.0 Å². The zero-order valence-electron chi connectivity index (χ0n) is 14.9. The minimum atomic E-state index is -3.15. The molecule has 1 heterocycles. The first-order valence-corrected chi connectivity index (χ1v) is 10.4. The predicted molar refractivity (Wildman–Crippen MR) is 114 cm³/mol. The normalized spacial score (nSPS) is 18.1. The summed E-state index contributed by atoms with van der Waals surface area (Å²) in [6.07, 6.45) is 3.41. The summed E-state index contributed by atoms with van der Waals surface area (Å²) in [5, 5.41) is 3.31. The summed E-state index contributed by atoms with van der Waals surface area (Å²) < 4.78 is 24.6. The summed E-state index contributed by atoms with van der Waals surface area (Å²) in [7, 11) is -3.15. The van der Waals surface area contributed by atoms with Crippen LogP contribution in [0, 0.1) is 5.92 Å². The van der Waals surface area contributed by atoms with E-state index in [1.165, 1.54) is 5.56 Å². The fraction of sp³-hybridized carbons (Fsp3) is 0.588. The van der Waals surface area contributed by atoms with Crippen molar-refractivity contribution in [2.24, 2.45) is 10.9 Å². The fourth-order valence-corrected chi connectivity index (χ4v) is 3.42. The second-order valence-corrected chi connectivity index (χ2v) is 8.03. The molecule has 0 amide bonds. The number of hydrogen-bond acceptors (Lipinski definition) is 3. The third-order valence-corrected chi connectivity index (χ3v) is 4.75. The van der Waals surface area contributed by atoms with Crippen LogP contribution in [0.5, 0.6) is 0 Å². The van der Waals surface area contributed by atoms with Gasteiger partial charge in [-0.3, -0.25) is 4.99 Å². The molecule has 1 unspecified atom stereocenters. The Morgan fingerprint density at radius 1 is 1.32 bits per heavy atom. The Hall–Kier alpha value is -0.870. The van der Waals surface area contributed by atoms with Crippen LogP contribution < -0.4 is 10.0 Å². The molecular formula is C17H29IN4O2S. The Kier molecular flexibility index (Phi) is 9.73. The van der Waals surface area contributed by atoms with Gasteiger partial charge in [-0.1, -0.05) is 30.3 Å². The molecule has 2 rings (SSSR count). The van der Waals surface area contributed by atoms with E-state index in [0.717, 1.165) is 44.7 Å². The fourth-order valence-electron chi connectivity index (χ4n) is 2.96. The second kappa shape index (κ2) is 11.0. The van der Waals surface area contributed by atoms with Gasteiger partial charge in [0.25, 0.3) is 0 Å². The van der Waals surface area contributed by atoms with Crippen LogP contribution in [0.15, 0.2) is 35.3 Å². The van der Waals surface area contributed by atoms with E-state index >= 15 is 0 Å². The van der Waals surface area contributed by atoms with Gasteiger partial charge in [0.15, 0.2) is 5.96 Å². The standard InChI is InChI=1S/C17H28N4O2S.HI/c1-3-18-17(19-10-11-20-24(2,22)23)21-12-9-16(14-21)13-15-7-5-4-6-8-15;/h4-8,16,20H,3,9-14H2,1-2H3,(H,18,19);1H. The Morgan fingerprint density at radius 3 is 2.68 bits per heavy atom. The smallest absolute Gasteiger partial charge is 0.208 e. The number of sulfonamides is 1. The largest absolute Gasteiger partial charge is 0.357 e. The number of nitrogens with one attached hydrogen (secondary N) is 2. The number of hydrogen-bond donors (Lipinski definition) is 2. The van der Waals surface area contributed by atoms with Crippen LogP contribution in [0.3, 0.4) is 0 Å². The first kappa shape index (κ1) is 22.2. The lowest BCUT2D eigenvalue weighted by atomic mass is 9.99. The van der Waals surface area contributed by atoms with Crippen molar-refractivity contribution in [1.29, 1.82) is 0 Å². The number of rotatable bonds is 7. The van der Waals surface area contributed by atoms with Gasteiger partial charge < -0.3 is 10.2 Å². The van der Waals surface area contributed by atoms with E-state index in [1.54, 1.807) is 0 Å². The lowest BCUT2D eigenvalue weighted by molar-refractivity contribution is 0.460. The van der Waals surface area contributed by atoms with Crippen molar-refractivity contribution in [2.45, 2.75) is 19.8 Å². The van der Waals surface area contributed by atoms with Crippen molar-refractivity contribution in [3.63, 3.8) is 0 Å². The van der Waals surface area contributed by atoms with Crippen LogP contribution in [0.2, 0.25) is 0 Å². The maximum absolute atomic E-state index is 11.1. The summed E-state index contributed by atoms with van der Waals surface area (Å²) in [5.74, 6) is 1.51. The maximum atomic E-state index is 11.1. The average molecular weight is 480 g/mol. The van der Waals surface area contributed by atoms with Crippen molar-refractivity contribution in [2.75, 3.05) is 39.0 Å². The molecule has 1 aliphatic heterocycles. The van der Waals surface area contributed by atoms with Crippen LogP contribution >= 0.6 is 24.0 Å². The molecule has 1 aromatic rings. The van der Waals surface area contributed by atoms with Crippen molar-refractivity contribution >= 4 is 40.0 Å². The summed E-state index contributed by atoms with van der Waals surface area (Å²) in [6, 6.07) is 10.6. The molecule has 1 saturated heterocycles. The van der Waals surface area contributed by atoms with Crippen molar-refractivity contribution in [1.82, 2.24) is 14.9 Å². The number of halogens is 1. The molecule has 0 bridgehead atoms. The number of benzene rings is 1. The highest BCUT2D eigenvalue weighted by Gasteiger charge is 2.24. The van der Waals surface area contributed by atoms with Gasteiger partial charge in [0.05, 0.1) is 12.8 Å². The Labute approximate surface area is 168 Å². The molecule has 6 nitrogen and oxygen atoms in total. The van der Waals surface area contributed by atoms with E-state index in [1.807, 2.05) is 13.0 Å². The topological polar surface area (TPSA) is 73.8 Å². The zero-order chi connectivity index (χ0) is 17.4. The molecule has 0 aliphatic carbocycles. The molecule has 1 atom stereocenters. The monoisotopic (exact) mass is 480 g/mol. The molecule has 0 aromatic heterocycles. The number of aliphatic imine (C=N–C) groups is 1. The van der Waals surface area contributed by atoms with Crippen LogP contribution in [0.25, 0.3) is 0 Å². The Bertz CT molecular complexity index is 637. The lowest BCUT2D eigenvalue weighted by Gasteiger charge is -2.21. The van der Waals surface area contributed by atoms with Crippen LogP contribution in [0.1, 0.15) is 18.9 Å². The SMILES string of the molecule is CCNC(=NCCNS(C)(=O)=O)N1CCC(Cc2ccccc2)C1.I. The second-order valence-electron chi connectivity index (χ2n) is 6.19. The van der Waals surface area contributed by atoms with Gasteiger partial charge in [-0.2, -0.15) is 0 Å². The van der Waals surface area contributed by atoms with Gasteiger partial charge in [-0.05, 0) is 31.2 Å². The van der Waals surface area contributed by atoms with Gasteiger partial charge in [0.1, 0.15) is 0 Å². The van der Waals surface area contributed by atoms with Crippen LogP contribution in [-0.2, 0) is 16.4 Å². The highest BCUT2D eigenvalue weighted by molar-refractivity contribution is 14.0. The quantitative estimate of drug-likeness (QED) is 0.270. The minimum Gasteiger partial charge on any atom is -0.357 e. The van der Waals surface area contributed by atoms with E-state index < -0.39 is 10.0 Å². The van der Waals surface area contributed by atoms with Gasteiger partial charge in [-0.15, -0.1) is 24.0 Å². The lowest BCUT2D eigenvalue weighted by Crippen LogP contribution is -2.40. The molecule has 25 heavy (non-hydrogen) atoms. The van der Waals surface area contributed by atoms with E-state index in [2.05, 4.69) is 44.2 Å². The zero-order valence-corrected chi connectivity index (χ0v) is 18.1. The molecule has 1 fully saturated rings. The van der Waals surface area contributed by atoms with E-state index in [4.69, 9.17) is 0 Å². The molecule has 0 spiro atoms. The number of guanidine groups is 1. The average Bonchev–Trinajstić information content (AvgIpc) is 2.99. The van der Waals surface area contributed by atoms with E-state index in [-0.39, 0.29) is 24.0 Å². The van der Waals surface area contributed by atoms with Crippen LogP contribution in [0.4, 0.5) is 0 Å². The first-order valence-electron chi connectivity index (χ1n) is 8.49. The molecular weight excluding hydrogens is 451 g/mol. The number of likely N-dealkylation sites (tertiary alicyclic amines) is 1. The highest BCUT2D eigenvalue weighted by Crippen LogP contribution is 2.20. The van der Waals surface area contributed by atoms with Gasteiger partial charge >= 0.3 is 0 Å². The van der Waals surface area contributed by atoms with E-state index in [9.17, 15) is 8.42 Å². The van der Waals surface area contributed by atoms with Crippen molar-refractivity contribution < 1.29 is 8.42 Å². The Morgan fingerprint density at radius 2 is 2.04 bits per heavy atom. The third-order valence-electron chi connectivity index (χ3n) is 4.03. The molecule has 1 aliphatic rings. The first-order chi connectivity index (χ1) is 11.5. The molecule has 142 valence electrons. The predicted octanol–water partition coefficient (Wildman–Crippen LogP) is 1.68. The van der Waals surface area contributed by atoms with Crippen molar-refractivity contribution in [3.8, 4) is 0 Å². The molecule has 8 heteroatoms.